The van der Waals surface area contributed by atoms with E-state index in [1.807, 2.05) is 6.07 Å². The summed E-state index contributed by atoms with van der Waals surface area (Å²) in [4.78, 5) is 13.5. The molecule has 3 heteroatoms. The van der Waals surface area contributed by atoms with Crippen molar-refractivity contribution < 1.29 is 9.53 Å². The zero-order valence-corrected chi connectivity index (χ0v) is 12.9. The first-order chi connectivity index (χ1) is 10.7. The maximum atomic E-state index is 11.0. The second-order valence-electron chi connectivity index (χ2n) is 5.73. The Bertz CT molecular complexity index is 639. The van der Waals surface area contributed by atoms with Gasteiger partial charge in [-0.3, -0.25) is 9.69 Å². The molecule has 2 aromatic carbocycles. The quantitative estimate of drug-likeness (QED) is 0.788. The van der Waals surface area contributed by atoms with Gasteiger partial charge in [0.25, 0.3) is 0 Å². The minimum absolute atomic E-state index is 0.208. The molecule has 0 aromatic heterocycles. The Balaban J connectivity index is 1.75. The highest BCUT2D eigenvalue weighted by atomic mass is 16.5. The molecule has 22 heavy (non-hydrogen) atoms. The van der Waals surface area contributed by atoms with Crippen molar-refractivity contribution in [3.05, 3.63) is 71.3 Å². The van der Waals surface area contributed by atoms with Crippen molar-refractivity contribution in [2.75, 3.05) is 6.61 Å². The molecular weight excluding hydrogens is 274 g/mol. The van der Waals surface area contributed by atoms with E-state index in [4.69, 9.17) is 4.74 Å². The van der Waals surface area contributed by atoms with Gasteiger partial charge in [0.15, 0.2) is 0 Å². The SMILES string of the molecule is CC(=O)OCCC1c2ccccc2CN1Cc1ccccc1. The van der Waals surface area contributed by atoms with Crippen LogP contribution in [0.5, 0.6) is 0 Å². The number of fused-ring (bicyclic) bond motifs is 1. The summed E-state index contributed by atoms with van der Waals surface area (Å²) in [5.74, 6) is -0.208. The average Bonchev–Trinajstić information content (AvgIpc) is 2.86. The molecule has 1 aliphatic rings. The number of hydrogen-bond acceptors (Lipinski definition) is 3. The van der Waals surface area contributed by atoms with E-state index >= 15 is 0 Å². The number of esters is 1. The Labute approximate surface area is 131 Å². The van der Waals surface area contributed by atoms with Gasteiger partial charge < -0.3 is 4.74 Å². The Morgan fingerprint density at radius 2 is 1.86 bits per heavy atom. The lowest BCUT2D eigenvalue weighted by Gasteiger charge is -2.25. The van der Waals surface area contributed by atoms with Crippen LogP contribution < -0.4 is 0 Å². The van der Waals surface area contributed by atoms with Gasteiger partial charge in [-0.2, -0.15) is 0 Å². The minimum atomic E-state index is -0.208. The van der Waals surface area contributed by atoms with Gasteiger partial charge >= 0.3 is 5.97 Å². The first kappa shape index (κ1) is 14.8. The number of benzene rings is 2. The monoisotopic (exact) mass is 295 g/mol. The first-order valence-corrected chi connectivity index (χ1v) is 7.73. The van der Waals surface area contributed by atoms with E-state index in [0.717, 1.165) is 19.5 Å². The molecule has 0 saturated carbocycles. The summed E-state index contributed by atoms with van der Waals surface area (Å²) in [7, 11) is 0. The maximum absolute atomic E-state index is 11.0. The van der Waals surface area contributed by atoms with Crippen molar-refractivity contribution in [1.29, 1.82) is 0 Å². The molecule has 3 rings (SSSR count). The van der Waals surface area contributed by atoms with E-state index in [1.165, 1.54) is 23.6 Å². The molecule has 114 valence electrons. The summed E-state index contributed by atoms with van der Waals surface area (Å²) < 4.78 is 5.15. The van der Waals surface area contributed by atoms with Gasteiger partial charge in [0.2, 0.25) is 0 Å². The van der Waals surface area contributed by atoms with Gasteiger partial charge in [-0.25, -0.2) is 0 Å². The smallest absolute Gasteiger partial charge is 0.302 e. The number of rotatable bonds is 5. The van der Waals surface area contributed by atoms with E-state index in [9.17, 15) is 4.79 Å². The van der Waals surface area contributed by atoms with Crippen LogP contribution in [-0.2, 0) is 22.6 Å². The molecule has 1 atom stereocenters. The number of ether oxygens (including phenoxy) is 1. The fourth-order valence-corrected chi connectivity index (χ4v) is 3.17. The van der Waals surface area contributed by atoms with Crippen molar-refractivity contribution in [3.63, 3.8) is 0 Å². The zero-order chi connectivity index (χ0) is 15.4. The summed E-state index contributed by atoms with van der Waals surface area (Å²) in [5, 5.41) is 0. The number of hydrogen-bond donors (Lipinski definition) is 0. The van der Waals surface area contributed by atoms with E-state index < -0.39 is 0 Å². The van der Waals surface area contributed by atoms with Crippen LogP contribution in [0.25, 0.3) is 0 Å². The molecule has 1 aliphatic heterocycles. The van der Waals surface area contributed by atoms with Gasteiger partial charge in [0, 0.05) is 32.5 Å². The van der Waals surface area contributed by atoms with Crippen LogP contribution in [-0.4, -0.2) is 17.5 Å². The highest BCUT2D eigenvalue weighted by molar-refractivity contribution is 5.65. The van der Waals surface area contributed by atoms with Gasteiger partial charge in [-0.15, -0.1) is 0 Å². The Hall–Kier alpha value is -2.13. The second-order valence-corrected chi connectivity index (χ2v) is 5.73. The molecule has 3 nitrogen and oxygen atoms in total. The fraction of sp³-hybridized carbons (Fsp3) is 0.316. The summed E-state index contributed by atoms with van der Waals surface area (Å²) in [6.45, 7) is 3.81. The predicted molar refractivity (Wildman–Crippen MR) is 86.1 cm³/mol. The maximum Gasteiger partial charge on any atom is 0.302 e. The third kappa shape index (κ3) is 3.37. The summed E-state index contributed by atoms with van der Waals surface area (Å²) >= 11 is 0. The van der Waals surface area contributed by atoms with Gasteiger partial charge in [0.1, 0.15) is 0 Å². The first-order valence-electron chi connectivity index (χ1n) is 7.73. The third-order valence-electron chi connectivity index (χ3n) is 4.15. The Morgan fingerprint density at radius 3 is 2.64 bits per heavy atom. The van der Waals surface area contributed by atoms with Crippen molar-refractivity contribution in [2.24, 2.45) is 0 Å². The van der Waals surface area contributed by atoms with E-state index in [1.54, 1.807) is 0 Å². The number of nitrogens with zero attached hydrogens (tertiary/aromatic N) is 1. The summed E-state index contributed by atoms with van der Waals surface area (Å²) in [6.07, 6.45) is 0.837. The molecule has 1 unspecified atom stereocenters. The predicted octanol–water partition coefficient (Wildman–Crippen LogP) is 3.70. The van der Waals surface area contributed by atoms with Gasteiger partial charge in [-0.05, 0) is 16.7 Å². The molecule has 0 spiro atoms. The number of carbonyl (C=O) groups excluding carboxylic acids is 1. The lowest BCUT2D eigenvalue weighted by molar-refractivity contribution is -0.141. The fourth-order valence-electron chi connectivity index (χ4n) is 3.17. The Morgan fingerprint density at radius 1 is 1.14 bits per heavy atom. The van der Waals surface area contributed by atoms with Crippen molar-refractivity contribution in [3.8, 4) is 0 Å². The number of carbonyl (C=O) groups is 1. The Kier molecular flexibility index (Phi) is 4.54. The van der Waals surface area contributed by atoms with Crippen molar-refractivity contribution in [1.82, 2.24) is 4.90 Å². The highest BCUT2D eigenvalue weighted by Crippen LogP contribution is 2.36. The van der Waals surface area contributed by atoms with Crippen molar-refractivity contribution in [2.45, 2.75) is 32.5 Å². The standard InChI is InChI=1S/C19H21NO2/c1-15(21)22-12-11-19-18-10-6-5-9-17(18)14-20(19)13-16-7-3-2-4-8-16/h2-10,19H,11-14H2,1H3. The van der Waals surface area contributed by atoms with Gasteiger partial charge in [0.05, 0.1) is 6.61 Å². The van der Waals surface area contributed by atoms with E-state index in [0.29, 0.717) is 12.6 Å². The average molecular weight is 295 g/mol. The molecule has 0 N–H and O–H groups in total. The van der Waals surface area contributed by atoms with E-state index in [-0.39, 0.29) is 5.97 Å². The van der Waals surface area contributed by atoms with Crippen LogP contribution in [0.1, 0.15) is 36.1 Å². The summed E-state index contributed by atoms with van der Waals surface area (Å²) in [6, 6.07) is 19.4. The largest absolute Gasteiger partial charge is 0.466 e. The molecule has 0 radical (unpaired) electrons. The molecule has 0 saturated heterocycles. The van der Waals surface area contributed by atoms with Gasteiger partial charge in [-0.1, -0.05) is 54.6 Å². The van der Waals surface area contributed by atoms with Crippen LogP contribution in [0.3, 0.4) is 0 Å². The van der Waals surface area contributed by atoms with Crippen LogP contribution in [0.2, 0.25) is 0 Å². The third-order valence-corrected chi connectivity index (χ3v) is 4.15. The molecule has 0 bridgehead atoms. The lowest BCUT2D eigenvalue weighted by atomic mass is 10.0. The topological polar surface area (TPSA) is 29.5 Å². The second kappa shape index (κ2) is 6.75. The van der Waals surface area contributed by atoms with Crippen LogP contribution in [0.4, 0.5) is 0 Å². The molecule has 0 fully saturated rings. The van der Waals surface area contributed by atoms with Crippen LogP contribution in [0, 0.1) is 0 Å². The van der Waals surface area contributed by atoms with Crippen LogP contribution >= 0.6 is 0 Å². The minimum Gasteiger partial charge on any atom is -0.466 e. The zero-order valence-electron chi connectivity index (χ0n) is 12.9. The molecular formula is C19H21NO2. The molecule has 0 amide bonds. The lowest BCUT2D eigenvalue weighted by Crippen LogP contribution is -2.23. The molecule has 2 aromatic rings. The highest BCUT2D eigenvalue weighted by Gasteiger charge is 2.29. The molecule has 1 heterocycles. The summed E-state index contributed by atoms with van der Waals surface area (Å²) in [5.41, 5.74) is 4.06. The normalized spacial score (nSPS) is 17.2. The van der Waals surface area contributed by atoms with Crippen LogP contribution in [0.15, 0.2) is 54.6 Å². The van der Waals surface area contributed by atoms with E-state index in [2.05, 4.69) is 53.4 Å². The molecule has 0 aliphatic carbocycles. The van der Waals surface area contributed by atoms with Crippen molar-refractivity contribution >= 4 is 5.97 Å².